The zero-order valence-corrected chi connectivity index (χ0v) is 18.7. The Kier molecular flexibility index (Phi) is 6.87. The van der Waals surface area contributed by atoms with E-state index in [-0.39, 0.29) is 28.9 Å². The summed E-state index contributed by atoms with van der Waals surface area (Å²) in [5.41, 5.74) is -0.714. The first-order chi connectivity index (χ1) is 14.4. The number of nitro groups is 1. The molecule has 0 bridgehead atoms. The number of likely N-dealkylation sites (tertiary alicyclic amines) is 1. The maximum Gasteiger partial charge on any atom is 0.410 e. The molecular weight excluding hydrogens is 428 g/mol. The molecule has 3 rings (SSSR count). The Hall–Kier alpha value is -2.24. The standard InChI is InChI=1S/C20H28N2O8S/c1-20(2,3)29-19(23)21-10-8-15(9-11-21)28-16-12-17(13-16)30-31(26,27)18-6-4-14(5-7-18)22(24)25/h4-7,15-17H,8-13H2,1-3H3. The second-order valence-corrected chi connectivity index (χ2v) is 10.4. The second-order valence-electron chi connectivity index (χ2n) is 8.82. The third-order valence-electron chi connectivity index (χ3n) is 5.13. The topological polar surface area (TPSA) is 125 Å². The summed E-state index contributed by atoms with van der Waals surface area (Å²) in [6.45, 7) is 6.61. The van der Waals surface area contributed by atoms with E-state index in [0.717, 1.165) is 12.1 Å². The molecule has 11 heteroatoms. The van der Waals surface area contributed by atoms with Crippen molar-refractivity contribution in [1.82, 2.24) is 4.90 Å². The van der Waals surface area contributed by atoms with Crippen LogP contribution in [0.1, 0.15) is 46.5 Å². The van der Waals surface area contributed by atoms with Crippen LogP contribution in [0.15, 0.2) is 29.2 Å². The van der Waals surface area contributed by atoms with E-state index in [4.69, 9.17) is 13.7 Å². The maximum absolute atomic E-state index is 12.3. The van der Waals surface area contributed by atoms with E-state index in [1.807, 2.05) is 20.8 Å². The van der Waals surface area contributed by atoms with Gasteiger partial charge in [0.05, 0.1) is 28.1 Å². The summed E-state index contributed by atoms with van der Waals surface area (Å²) < 4.78 is 41.3. The number of carbonyl (C=O) groups excluding carboxylic acids is 1. The molecule has 1 aromatic carbocycles. The number of nitro benzene ring substituents is 1. The van der Waals surface area contributed by atoms with Crippen LogP contribution in [0, 0.1) is 10.1 Å². The quantitative estimate of drug-likeness (QED) is 0.363. The van der Waals surface area contributed by atoms with E-state index in [9.17, 15) is 23.3 Å². The Balaban J connectivity index is 1.40. The third-order valence-corrected chi connectivity index (χ3v) is 6.50. The number of amides is 1. The molecule has 1 heterocycles. The van der Waals surface area contributed by atoms with Gasteiger partial charge in [-0.15, -0.1) is 0 Å². The number of hydrogen-bond donors (Lipinski definition) is 0. The summed E-state index contributed by atoms with van der Waals surface area (Å²) in [5, 5.41) is 10.7. The number of benzene rings is 1. The van der Waals surface area contributed by atoms with Gasteiger partial charge in [0.1, 0.15) is 5.60 Å². The SMILES string of the molecule is CC(C)(C)OC(=O)N1CCC(OC2CC(OS(=O)(=O)c3ccc([N+](=O)[O-])cc3)C2)CC1. The predicted molar refractivity (Wildman–Crippen MR) is 110 cm³/mol. The molecule has 1 aromatic rings. The highest BCUT2D eigenvalue weighted by Gasteiger charge is 2.37. The first kappa shape index (κ1) is 23.4. The first-order valence-corrected chi connectivity index (χ1v) is 11.6. The van der Waals surface area contributed by atoms with Crippen LogP contribution in [0.4, 0.5) is 10.5 Å². The molecule has 0 unspecified atom stereocenters. The molecule has 0 radical (unpaired) electrons. The van der Waals surface area contributed by atoms with Crippen molar-refractivity contribution in [2.75, 3.05) is 13.1 Å². The molecule has 2 aliphatic rings. The number of non-ortho nitro benzene ring substituents is 1. The molecule has 172 valence electrons. The van der Waals surface area contributed by atoms with Crippen molar-refractivity contribution in [3.63, 3.8) is 0 Å². The number of hydrogen-bond acceptors (Lipinski definition) is 8. The molecule has 0 atom stereocenters. The lowest BCUT2D eigenvalue weighted by Gasteiger charge is -2.39. The lowest BCUT2D eigenvalue weighted by molar-refractivity contribution is -0.384. The van der Waals surface area contributed by atoms with Crippen LogP contribution in [0.3, 0.4) is 0 Å². The fourth-order valence-electron chi connectivity index (χ4n) is 3.45. The third kappa shape index (κ3) is 6.37. The fourth-order valence-corrected chi connectivity index (χ4v) is 4.55. The van der Waals surface area contributed by atoms with Crippen molar-refractivity contribution in [2.45, 2.75) is 75.3 Å². The van der Waals surface area contributed by atoms with Gasteiger partial charge >= 0.3 is 6.09 Å². The minimum Gasteiger partial charge on any atom is -0.444 e. The normalized spacial score (nSPS) is 22.6. The highest BCUT2D eigenvalue weighted by molar-refractivity contribution is 7.86. The minimum absolute atomic E-state index is 0.0101. The molecule has 31 heavy (non-hydrogen) atoms. The van der Waals surface area contributed by atoms with Crippen molar-refractivity contribution in [2.24, 2.45) is 0 Å². The van der Waals surface area contributed by atoms with Crippen LogP contribution >= 0.6 is 0 Å². The van der Waals surface area contributed by atoms with Gasteiger partial charge in [-0.25, -0.2) is 4.79 Å². The van der Waals surface area contributed by atoms with Gasteiger partial charge < -0.3 is 14.4 Å². The Morgan fingerprint density at radius 2 is 1.65 bits per heavy atom. The maximum atomic E-state index is 12.3. The van der Waals surface area contributed by atoms with Gasteiger partial charge in [0.2, 0.25) is 0 Å². The van der Waals surface area contributed by atoms with Gasteiger partial charge in [-0.05, 0) is 45.7 Å². The number of piperidine rings is 1. The van der Waals surface area contributed by atoms with Crippen LogP contribution in [0.2, 0.25) is 0 Å². The van der Waals surface area contributed by atoms with E-state index >= 15 is 0 Å². The van der Waals surface area contributed by atoms with Crippen molar-refractivity contribution >= 4 is 21.9 Å². The van der Waals surface area contributed by atoms with Gasteiger partial charge in [0.15, 0.2) is 0 Å². The lowest BCUT2D eigenvalue weighted by atomic mass is 9.91. The summed E-state index contributed by atoms with van der Waals surface area (Å²) >= 11 is 0. The van der Waals surface area contributed by atoms with Gasteiger partial charge in [-0.1, -0.05) is 0 Å². The van der Waals surface area contributed by atoms with Crippen molar-refractivity contribution < 1.29 is 31.8 Å². The molecule has 1 aliphatic carbocycles. The molecule has 0 N–H and O–H groups in total. The average Bonchev–Trinajstić information content (AvgIpc) is 2.65. The van der Waals surface area contributed by atoms with Gasteiger partial charge in [-0.2, -0.15) is 8.42 Å². The second kappa shape index (κ2) is 9.09. The van der Waals surface area contributed by atoms with Crippen LogP contribution < -0.4 is 0 Å². The molecule has 2 fully saturated rings. The van der Waals surface area contributed by atoms with Crippen LogP contribution in [-0.4, -0.2) is 61.3 Å². The molecule has 1 saturated carbocycles. The molecular formula is C20H28N2O8S. The fraction of sp³-hybridized carbons (Fsp3) is 0.650. The molecule has 1 aliphatic heterocycles. The van der Waals surface area contributed by atoms with Crippen LogP contribution in [0.5, 0.6) is 0 Å². The highest BCUT2D eigenvalue weighted by Crippen LogP contribution is 2.32. The lowest BCUT2D eigenvalue weighted by Crippen LogP contribution is -2.46. The van der Waals surface area contributed by atoms with Gasteiger partial charge in [0.25, 0.3) is 15.8 Å². The largest absolute Gasteiger partial charge is 0.444 e. The molecule has 10 nitrogen and oxygen atoms in total. The zero-order valence-electron chi connectivity index (χ0n) is 17.9. The summed E-state index contributed by atoms with van der Waals surface area (Å²) in [6, 6.07) is 4.59. The van der Waals surface area contributed by atoms with E-state index in [2.05, 4.69) is 0 Å². The molecule has 1 amide bonds. The average molecular weight is 457 g/mol. The highest BCUT2D eigenvalue weighted by atomic mass is 32.2. The molecule has 0 aromatic heterocycles. The number of ether oxygens (including phenoxy) is 2. The summed E-state index contributed by atoms with van der Waals surface area (Å²) in [6.07, 6.45) is 1.43. The predicted octanol–water partition coefficient (Wildman–Crippen LogP) is 3.25. The smallest absolute Gasteiger partial charge is 0.410 e. The zero-order chi connectivity index (χ0) is 22.8. The Labute approximate surface area is 181 Å². The van der Waals surface area contributed by atoms with Crippen LogP contribution in [-0.2, 0) is 23.8 Å². The Morgan fingerprint density at radius 1 is 1.06 bits per heavy atom. The number of carbonyl (C=O) groups is 1. The van der Waals surface area contributed by atoms with Crippen LogP contribution in [0.25, 0.3) is 0 Å². The van der Waals surface area contributed by atoms with Gasteiger partial charge in [-0.3, -0.25) is 14.3 Å². The number of nitrogens with zero attached hydrogens (tertiary/aromatic N) is 2. The monoisotopic (exact) mass is 456 g/mol. The molecule has 0 spiro atoms. The molecule has 1 saturated heterocycles. The Morgan fingerprint density at radius 3 is 2.16 bits per heavy atom. The van der Waals surface area contributed by atoms with E-state index in [1.54, 1.807) is 4.90 Å². The summed E-state index contributed by atoms with van der Waals surface area (Å²) in [7, 11) is -3.99. The Bertz CT molecular complexity index is 896. The first-order valence-electron chi connectivity index (χ1n) is 10.2. The van der Waals surface area contributed by atoms with E-state index < -0.39 is 26.7 Å². The number of rotatable bonds is 6. The van der Waals surface area contributed by atoms with Crippen molar-refractivity contribution in [3.8, 4) is 0 Å². The summed E-state index contributed by atoms with van der Waals surface area (Å²) in [5.74, 6) is 0. The minimum atomic E-state index is -3.99. The summed E-state index contributed by atoms with van der Waals surface area (Å²) in [4.78, 5) is 23.8. The van der Waals surface area contributed by atoms with Crippen molar-refractivity contribution in [1.29, 1.82) is 0 Å². The van der Waals surface area contributed by atoms with Gasteiger partial charge in [0, 0.05) is 38.1 Å². The van der Waals surface area contributed by atoms with E-state index in [1.165, 1.54) is 12.1 Å². The van der Waals surface area contributed by atoms with E-state index in [0.29, 0.717) is 38.8 Å². The van der Waals surface area contributed by atoms with Crippen molar-refractivity contribution in [3.05, 3.63) is 34.4 Å².